The lowest BCUT2D eigenvalue weighted by atomic mass is 9.93. The SMILES string of the molecule is N#Cc1ccc(OC2CCCC(N)C2)cn1. The molecule has 2 unspecified atom stereocenters. The molecule has 1 fully saturated rings. The van der Waals surface area contributed by atoms with Crippen LogP contribution in [0.25, 0.3) is 0 Å². The first-order valence-corrected chi connectivity index (χ1v) is 5.56. The third-order valence-corrected chi connectivity index (χ3v) is 2.82. The molecule has 0 aromatic carbocycles. The van der Waals surface area contributed by atoms with Crippen LogP contribution in [-0.2, 0) is 0 Å². The van der Waals surface area contributed by atoms with Crippen LogP contribution in [0.4, 0.5) is 0 Å². The van der Waals surface area contributed by atoms with Crippen LogP contribution in [0.2, 0.25) is 0 Å². The summed E-state index contributed by atoms with van der Waals surface area (Å²) >= 11 is 0. The Balaban J connectivity index is 1.95. The van der Waals surface area contributed by atoms with Crippen molar-refractivity contribution in [1.29, 1.82) is 5.26 Å². The van der Waals surface area contributed by atoms with E-state index in [1.54, 1.807) is 18.3 Å². The molecular weight excluding hydrogens is 202 g/mol. The van der Waals surface area contributed by atoms with Crippen molar-refractivity contribution in [3.63, 3.8) is 0 Å². The van der Waals surface area contributed by atoms with E-state index in [4.69, 9.17) is 15.7 Å². The summed E-state index contributed by atoms with van der Waals surface area (Å²) in [5.74, 6) is 0.720. The third kappa shape index (κ3) is 2.71. The highest BCUT2D eigenvalue weighted by atomic mass is 16.5. The fourth-order valence-corrected chi connectivity index (χ4v) is 2.00. The van der Waals surface area contributed by atoms with Crippen LogP contribution in [0, 0.1) is 11.3 Å². The van der Waals surface area contributed by atoms with Gasteiger partial charge in [0, 0.05) is 6.04 Å². The second-order valence-electron chi connectivity index (χ2n) is 4.16. The average molecular weight is 217 g/mol. The van der Waals surface area contributed by atoms with Gasteiger partial charge in [-0.05, 0) is 37.8 Å². The molecule has 4 nitrogen and oxygen atoms in total. The van der Waals surface area contributed by atoms with E-state index < -0.39 is 0 Å². The molecule has 0 spiro atoms. The molecule has 16 heavy (non-hydrogen) atoms. The molecule has 2 atom stereocenters. The molecule has 0 radical (unpaired) electrons. The first-order chi connectivity index (χ1) is 7.78. The molecule has 4 heteroatoms. The van der Waals surface area contributed by atoms with Crippen LogP contribution < -0.4 is 10.5 Å². The minimum absolute atomic E-state index is 0.193. The summed E-state index contributed by atoms with van der Waals surface area (Å²) in [4.78, 5) is 3.96. The molecule has 0 amide bonds. The van der Waals surface area contributed by atoms with Crippen molar-refractivity contribution < 1.29 is 4.74 Å². The van der Waals surface area contributed by atoms with E-state index in [1.807, 2.05) is 6.07 Å². The molecular formula is C12H15N3O. The normalized spacial score (nSPS) is 24.8. The number of ether oxygens (including phenoxy) is 1. The Morgan fingerprint density at radius 2 is 2.31 bits per heavy atom. The maximum atomic E-state index is 8.61. The first kappa shape index (κ1) is 10.9. The number of nitriles is 1. The van der Waals surface area contributed by atoms with Crippen LogP contribution >= 0.6 is 0 Å². The van der Waals surface area contributed by atoms with Crippen LogP contribution in [0.1, 0.15) is 31.4 Å². The number of rotatable bonds is 2. The second kappa shape index (κ2) is 4.95. The summed E-state index contributed by atoms with van der Waals surface area (Å²) in [6, 6.07) is 5.68. The van der Waals surface area contributed by atoms with E-state index in [9.17, 15) is 0 Å². The molecule has 2 rings (SSSR count). The third-order valence-electron chi connectivity index (χ3n) is 2.82. The molecule has 1 heterocycles. The molecule has 84 valence electrons. The van der Waals surface area contributed by atoms with Crippen LogP contribution in [0.5, 0.6) is 5.75 Å². The number of aromatic nitrogens is 1. The van der Waals surface area contributed by atoms with Gasteiger partial charge in [0.2, 0.25) is 0 Å². The van der Waals surface area contributed by atoms with Gasteiger partial charge in [-0.15, -0.1) is 0 Å². The summed E-state index contributed by atoms with van der Waals surface area (Å²) in [6.07, 6.45) is 5.95. The lowest BCUT2D eigenvalue weighted by Crippen LogP contribution is -2.33. The monoisotopic (exact) mass is 217 g/mol. The number of hydrogen-bond acceptors (Lipinski definition) is 4. The van der Waals surface area contributed by atoms with Gasteiger partial charge in [0.15, 0.2) is 0 Å². The van der Waals surface area contributed by atoms with Crippen molar-refractivity contribution in [2.24, 2.45) is 5.73 Å². The molecule has 1 aliphatic rings. The van der Waals surface area contributed by atoms with E-state index in [0.717, 1.165) is 31.4 Å². The van der Waals surface area contributed by atoms with E-state index >= 15 is 0 Å². The van der Waals surface area contributed by atoms with Gasteiger partial charge in [-0.25, -0.2) is 4.98 Å². The maximum Gasteiger partial charge on any atom is 0.140 e. The minimum atomic E-state index is 0.193. The predicted octanol–water partition coefficient (Wildman–Crippen LogP) is 1.60. The second-order valence-corrected chi connectivity index (χ2v) is 4.16. The predicted molar refractivity (Wildman–Crippen MR) is 59.8 cm³/mol. The number of nitrogens with zero attached hydrogens (tertiary/aromatic N) is 2. The lowest BCUT2D eigenvalue weighted by molar-refractivity contribution is 0.144. The molecule has 0 saturated heterocycles. The fourth-order valence-electron chi connectivity index (χ4n) is 2.00. The molecule has 0 bridgehead atoms. The van der Waals surface area contributed by atoms with Gasteiger partial charge in [0.1, 0.15) is 23.6 Å². The standard InChI is InChI=1S/C12H15N3O/c13-7-10-4-5-12(8-15-10)16-11-3-1-2-9(14)6-11/h4-5,8-9,11H,1-3,6,14H2. The summed E-state index contributed by atoms with van der Waals surface area (Å²) < 4.78 is 5.77. The highest BCUT2D eigenvalue weighted by molar-refractivity contribution is 5.26. The highest BCUT2D eigenvalue weighted by Crippen LogP contribution is 2.22. The van der Waals surface area contributed by atoms with E-state index in [0.29, 0.717) is 5.69 Å². The minimum Gasteiger partial charge on any atom is -0.489 e. The zero-order valence-corrected chi connectivity index (χ0v) is 9.10. The molecule has 1 saturated carbocycles. The van der Waals surface area contributed by atoms with Crippen LogP contribution in [0.15, 0.2) is 18.3 Å². The summed E-state index contributed by atoms with van der Waals surface area (Å²) in [5.41, 5.74) is 6.30. The van der Waals surface area contributed by atoms with Gasteiger partial charge in [-0.2, -0.15) is 5.26 Å². The van der Waals surface area contributed by atoms with Crippen LogP contribution in [0.3, 0.4) is 0 Å². The maximum absolute atomic E-state index is 8.61. The molecule has 1 aromatic heterocycles. The van der Waals surface area contributed by atoms with Gasteiger partial charge in [0.25, 0.3) is 0 Å². The highest BCUT2D eigenvalue weighted by Gasteiger charge is 2.20. The Labute approximate surface area is 95.0 Å². The van der Waals surface area contributed by atoms with E-state index in [1.165, 1.54) is 0 Å². The van der Waals surface area contributed by atoms with Crippen molar-refractivity contribution in [1.82, 2.24) is 4.98 Å². The van der Waals surface area contributed by atoms with Gasteiger partial charge >= 0.3 is 0 Å². The zero-order chi connectivity index (χ0) is 11.4. The number of hydrogen-bond donors (Lipinski definition) is 1. The summed E-state index contributed by atoms with van der Waals surface area (Å²) in [5, 5.41) is 8.61. The van der Waals surface area contributed by atoms with E-state index in [-0.39, 0.29) is 12.1 Å². The van der Waals surface area contributed by atoms with Crippen molar-refractivity contribution in [2.45, 2.75) is 37.8 Å². The molecule has 0 aliphatic heterocycles. The smallest absolute Gasteiger partial charge is 0.140 e. The largest absolute Gasteiger partial charge is 0.489 e. The summed E-state index contributed by atoms with van der Waals surface area (Å²) in [6.45, 7) is 0. The van der Waals surface area contributed by atoms with Gasteiger partial charge < -0.3 is 10.5 Å². The molecule has 1 aliphatic carbocycles. The number of nitrogens with two attached hydrogens (primary N) is 1. The first-order valence-electron chi connectivity index (χ1n) is 5.56. The van der Waals surface area contributed by atoms with Crippen LogP contribution in [-0.4, -0.2) is 17.1 Å². The Morgan fingerprint density at radius 3 is 2.94 bits per heavy atom. The molecule has 1 aromatic rings. The quantitative estimate of drug-likeness (QED) is 0.816. The van der Waals surface area contributed by atoms with Crippen molar-refractivity contribution in [3.8, 4) is 11.8 Å². The van der Waals surface area contributed by atoms with Gasteiger partial charge in [-0.3, -0.25) is 0 Å². The lowest BCUT2D eigenvalue weighted by Gasteiger charge is -2.27. The molecule has 2 N–H and O–H groups in total. The fraction of sp³-hybridized carbons (Fsp3) is 0.500. The average Bonchev–Trinajstić information content (AvgIpc) is 2.30. The Kier molecular flexibility index (Phi) is 3.37. The van der Waals surface area contributed by atoms with Gasteiger partial charge in [-0.1, -0.05) is 0 Å². The summed E-state index contributed by atoms with van der Waals surface area (Å²) in [7, 11) is 0. The zero-order valence-electron chi connectivity index (χ0n) is 9.10. The topological polar surface area (TPSA) is 71.9 Å². The Hall–Kier alpha value is -1.60. The van der Waals surface area contributed by atoms with Crippen molar-refractivity contribution >= 4 is 0 Å². The van der Waals surface area contributed by atoms with E-state index in [2.05, 4.69) is 4.98 Å². The van der Waals surface area contributed by atoms with Crippen molar-refractivity contribution in [3.05, 3.63) is 24.0 Å². The Bertz CT molecular complexity index is 382. The number of pyridine rings is 1. The van der Waals surface area contributed by atoms with Gasteiger partial charge in [0.05, 0.1) is 6.20 Å². The Morgan fingerprint density at radius 1 is 1.44 bits per heavy atom. The van der Waals surface area contributed by atoms with Crippen molar-refractivity contribution in [2.75, 3.05) is 0 Å².